The van der Waals surface area contributed by atoms with E-state index in [0.717, 1.165) is 12.5 Å². The van der Waals surface area contributed by atoms with E-state index in [2.05, 4.69) is 23.1 Å². The van der Waals surface area contributed by atoms with Gasteiger partial charge < -0.3 is 5.32 Å². The monoisotopic (exact) mass is 233 g/mol. The van der Waals surface area contributed by atoms with Crippen molar-refractivity contribution < 1.29 is 0 Å². The summed E-state index contributed by atoms with van der Waals surface area (Å²) in [5.74, 6) is 0.761. The molecular weight excluding hydrogens is 210 g/mol. The van der Waals surface area contributed by atoms with Crippen molar-refractivity contribution in [2.45, 2.75) is 56.9 Å². The number of rotatable bonds is 2. The highest BCUT2D eigenvalue weighted by Gasteiger charge is 2.23. The molecule has 1 atom stereocenters. The van der Waals surface area contributed by atoms with E-state index < -0.39 is 0 Å². The molecule has 17 heavy (non-hydrogen) atoms. The van der Waals surface area contributed by atoms with Gasteiger partial charge in [0.15, 0.2) is 0 Å². The van der Waals surface area contributed by atoms with Crippen molar-refractivity contribution in [1.29, 1.82) is 0 Å². The topological polar surface area (TPSA) is 29.9 Å². The third-order valence-corrected chi connectivity index (χ3v) is 4.38. The zero-order valence-electron chi connectivity index (χ0n) is 10.8. The van der Waals surface area contributed by atoms with Gasteiger partial charge in [-0.1, -0.05) is 19.3 Å². The van der Waals surface area contributed by atoms with Gasteiger partial charge in [-0.3, -0.25) is 4.68 Å². The first kappa shape index (κ1) is 11.3. The standard InChI is InChI=1S/C14H23N3/c1-17-14(11-6-3-2-4-7-11)10-13(16-17)12-8-5-9-15-12/h10-12,15H,2-9H2,1H3. The number of nitrogens with one attached hydrogen (secondary N) is 1. The summed E-state index contributed by atoms with van der Waals surface area (Å²) in [5.41, 5.74) is 2.74. The SMILES string of the molecule is Cn1nc(C2CCCN2)cc1C1CCCCC1. The van der Waals surface area contributed by atoms with Crippen LogP contribution in [0.25, 0.3) is 0 Å². The molecule has 94 valence electrons. The number of aromatic nitrogens is 2. The van der Waals surface area contributed by atoms with Gasteiger partial charge >= 0.3 is 0 Å². The molecule has 1 saturated heterocycles. The van der Waals surface area contributed by atoms with Crippen molar-refractivity contribution in [2.75, 3.05) is 6.54 Å². The van der Waals surface area contributed by atoms with E-state index in [1.54, 1.807) is 0 Å². The third kappa shape index (κ3) is 2.25. The predicted octanol–water partition coefficient (Wildman–Crippen LogP) is 2.89. The normalized spacial score (nSPS) is 26.5. The molecule has 2 heterocycles. The Morgan fingerprint density at radius 1 is 1.18 bits per heavy atom. The van der Waals surface area contributed by atoms with Crippen LogP contribution in [0.4, 0.5) is 0 Å². The summed E-state index contributed by atoms with van der Waals surface area (Å²) in [6, 6.07) is 2.87. The fraction of sp³-hybridized carbons (Fsp3) is 0.786. The predicted molar refractivity (Wildman–Crippen MR) is 69.0 cm³/mol. The summed E-state index contributed by atoms with van der Waals surface area (Å²) in [5, 5.41) is 8.26. The Morgan fingerprint density at radius 2 is 2.00 bits per heavy atom. The number of nitrogens with zero attached hydrogens (tertiary/aromatic N) is 2. The molecule has 0 spiro atoms. The van der Waals surface area contributed by atoms with Crippen LogP contribution in [0.2, 0.25) is 0 Å². The van der Waals surface area contributed by atoms with Crippen molar-refractivity contribution in [3.05, 3.63) is 17.5 Å². The van der Waals surface area contributed by atoms with Crippen molar-refractivity contribution in [3.63, 3.8) is 0 Å². The van der Waals surface area contributed by atoms with Crippen LogP contribution >= 0.6 is 0 Å². The molecule has 0 amide bonds. The van der Waals surface area contributed by atoms with Crippen LogP contribution in [0.1, 0.15) is 68.3 Å². The largest absolute Gasteiger partial charge is 0.309 e. The van der Waals surface area contributed by atoms with E-state index >= 15 is 0 Å². The molecule has 2 aliphatic rings. The molecular formula is C14H23N3. The zero-order chi connectivity index (χ0) is 11.7. The van der Waals surface area contributed by atoms with Gasteiger partial charge in [0, 0.05) is 18.7 Å². The van der Waals surface area contributed by atoms with E-state index in [9.17, 15) is 0 Å². The summed E-state index contributed by atoms with van der Waals surface area (Å²) in [7, 11) is 2.11. The quantitative estimate of drug-likeness (QED) is 0.851. The first-order valence-electron chi connectivity index (χ1n) is 7.12. The highest BCUT2D eigenvalue weighted by molar-refractivity contribution is 5.18. The Morgan fingerprint density at radius 3 is 2.71 bits per heavy atom. The minimum atomic E-state index is 0.513. The molecule has 0 bridgehead atoms. The van der Waals surface area contributed by atoms with Gasteiger partial charge in [0.1, 0.15) is 0 Å². The maximum Gasteiger partial charge on any atom is 0.0796 e. The van der Waals surface area contributed by atoms with Gasteiger partial charge in [-0.25, -0.2) is 0 Å². The maximum atomic E-state index is 4.72. The smallest absolute Gasteiger partial charge is 0.0796 e. The Hall–Kier alpha value is -0.830. The Bertz CT molecular complexity index is 371. The highest BCUT2D eigenvalue weighted by Crippen LogP contribution is 2.34. The average Bonchev–Trinajstić information content (AvgIpc) is 2.99. The second-order valence-electron chi connectivity index (χ2n) is 5.60. The third-order valence-electron chi connectivity index (χ3n) is 4.38. The lowest BCUT2D eigenvalue weighted by Gasteiger charge is -2.21. The van der Waals surface area contributed by atoms with Gasteiger partial charge in [-0.15, -0.1) is 0 Å². The van der Waals surface area contributed by atoms with E-state index in [4.69, 9.17) is 5.10 Å². The lowest BCUT2D eigenvalue weighted by atomic mass is 9.86. The van der Waals surface area contributed by atoms with Crippen LogP contribution in [0.3, 0.4) is 0 Å². The fourth-order valence-corrected chi connectivity index (χ4v) is 3.39. The van der Waals surface area contributed by atoms with Crippen molar-refractivity contribution in [2.24, 2.45) is 7.05 Å². The molecule has 2 fully saturated rings. The molecule has 1 N–H and O–H groups in total. The zero-order valence-corrected chi connectivity index (χ0v) is 10.8. The molecule has 0 aromatic carbocycles. The van der Waals surface area contributed by atoms with E-state index in [0.29, 0.717) is 6.04 Å². The second-order valence-corrected chi connectivity index (χ2v) is 5.60. The summed E-state index contributed by atoms with van der Waals surface area (Å²) in [6.07, 6.45) is 9.47. The van der Waals surface area contributed by atoms with Crippen LogP contribution < -0.4 is 5.32 Å². The van der Waals surface area contributed by atoms with Crippen molar-refractivity contribution in [3.8, 4) is 0 Å². The molecule has 3 rings (SSSR count). The first-order valence-corrected chi connectivity index (χ1v) is 7.12. The van der Waals surface area contributed by atoms with Crippen LogP contribution in [-0.4, -0.2) is 16.3 Å². The van der Waals surface area contributed by atoms with Crippen LogP contribution in [0.15, 0.2) is 6.07 Å². The molecule has 3 nitrogen and oxygen atoms in total. The summed E-state index contributed by atoms with van der Waals surface area (Å²) < 4.78 is 2.13. The Labute approximate surface area is 104 Å². The van der Waals surface area contributed by atoms with Crippen LogP contribution in [0, 0.1) is 0 Å². The molecule has 1 aliphatic heterocycles. The lowest BCUT2D eigenvalue weighted by Crippen LogP contribution is -2.13. The summed E-state index contributed by atoms with van der Waals surface area (Å²) in [4.78, 5) is 0. The molecule has 1 unspecified atom stereocenters. The Balaban J connectivity index is 1.79. The molecule has 3 heteroatoms. The van der Waals surface area contributed by atoms with Gasteiger partial charge in [-0.05, 0) is 38.3 Å². The van der Waals surface area contributed by atoms with Gasteiger partial charge in [0.05, 0.1) is 11.7 Å². The summed E-state index contributed by atoms with van der Waals surface area (Å²) in [6.45, 7) is 1.15. The van der Waals surface area contributed by atoms with E-state index in [1.165, 1.54) is 56.3 Å². The highest BCUT2D eigenvalue weighted by atomic mass is 15.3. The van der Waals surface area contributed by atoms with Crippen LogP contribution in [0.5, 0.6) is 0 Å². The van der Waals surface area contributed by atoms with Crippen molar-refractivity contribution >= 4 is 0 Å². The van der Waals surface area contributed by atoms with E-state index in [-0.39, 0.29) is 0 Å². The second kappa shape index (κ2) is 4.81. The molecule has 1 saturated carbocycles. The van der Waals surface area contributed by atoms with Gasteiger partial charge in [0.25, 0.3) is 0 Å². The maximum absolute atomic E-state index is 4.72. The van der Waals surface area contributed by atoms with Gasteiger partial charge in [-0.2, -0.15) is 5.10 Å². The molecule has 0 radical (unpaired) electrons. The van der Waals surface area contributed by atoms with Gasteiger partial charge in [0.2, 0.25) is 0 Å². The minimum Gasteiger partial charge on any atom is -0.309 e. The van der Waals surface area contributed by atoms with Crippen molar-refractivity contribution in [1.82, 2.24) is 15.1 Å². The number of hydrogen-bond donors (Lipinski definition) is 1. The first-order chi connectivity index (χ1) is 8.34. The fourth-order valence-electron chi connectivity index (χ4n) is 3.39. The minimum absolute atomic E-state index is 0.513. The molecule has 1 aromatic rings. The average molecular weight is 233 g/mol. The molecule has 1 aliphatic carbocycles. The summed E-state index contributed by atoms with van der Waals surface area (Å²) >= 11 is 0. The van der Waals surface area contributed by atoms with Crippen LogP contribution in [-0.2, 0) is 7.05 Å². The number of aryl methyl sites for hydroxylation is 1. The van der Waals surface area contributed by atoms with E-state index in [1.807, 2.05) is 0 Å². The Kier molecular flexibility index (Phi) is 3.19. The molecule has 1 aromatic heterocycles. The lowest BCUT2D eigenvalue weighted by molar-refractivity contribution is 0.424. The number of hydrogen-bond acceptors (Lipinski definition) is 2.